The van der Waals surface area contributed by atoms with Gasteiger partial charge in [-0.1, -0.05) is 29.3 Å². The lowest BCUT2D eigenvalue weighted by Crippen LogP contribution is -2.14. The van der Waals surface area contributed by atoms with Gasteiger partial charge in [-0.05, 0) is 12.1 Å². The molecule has 4 nitrogen and oxygen atoms in total. The summed E-state index contributed by atoms with van der Waals surface area (Å²) >= 11 is 12.6. The van der Waals surface area contributed by atoms with Gasteiger partial charge in [0.2, 0.25) is 0 Å². The van der Waals surface area contributed by atoms with Crippen LogP contribution in [0.15, 0.2) is 23.6 Å². The summed E-state index contributed by atoms with van der Waals surface area (Å²) in [6.45, 7) is 0. The number of carboxylic acid groups (broad SMARTS) is 1. The normalized spacial score (nSPS) is 12.0. The van der Waals surface area contributed by atoms with Crippen molar-refractivity contribution in [2.24, 2.45) is 0 Å². The number of hydrogen-bond donors (Lipinski definition) is 1. The molecule has 0 amide bonds. The van der Waals surface area contributed by atoms with E-state index in [9.17, 15) is 23.1 Å². The van der Waals surface area contributed by atoms with Crippen molar-refractivity contribution in [1.29, 1.82) is 0 Å². The van der Waals surface area contributed by atoms with Crippen LogP contribution in [0.1, 0.15) is 16.2 Å². The second-order valence-corrected chi connectivity index (χ2v) is 6.13. The highest BCUT2D eigenvalue weighted by atomic mass is 35.5. The molecular weight excluding hydrogens is 376 g/mol. The van der Waals surface area contributed by atoms with Gasteiger partial charge in [-0.25, -0.2) is 9.78 Å². The van der Waals surface area contributed by atoms with Gasteiger partial charge in [0.05, 0.1) is 15.7 Å². The molecule has 0 unspecified atom stereocenters. The van der Waals surface area contributed by atoms with Crippen LogP contribution in [-0.4, -0.2) is 20.5 Å². The average molecular weight is 381 g/mol. The standard InChI is InChI=1S/C13H5Cl2F3N2O2S/c14-6-2-1-5(3-7(6)15)8-4-23-12-19-10(13(16,17)18)9(11(21)22)20(8)12/h1-4H,(H,21,22). The maximum absolute atomic E-state index is 13.0. The van der Waals surface area contributed by atoms with Crippen molar-refractivity contribution < 1.29 is 23.1 Å². The Morgan fingerprint density at radius 3 is 2.52 bits per heavy atom. The SMILES string of the molecule is O=C(O)c1c(C(F)(F)F)nc2scc(-c3ccc(Cl)c(Cl)c3)n12. The third-order valence-electron chi connectivity index (χ3n) is 3.05. The Kier molecular flexibility index (Phi) is 3.78. The quantitative estimate of drug-likeness (QED) is 0.673. The number of benzene rings is 1. The summed E-state index contributed by atoms with van der Waals surface area (Å²) in [7, 11) is 0. The second kappa shape index (κ2) is 5.40. The van der Waals surface area contributed by atoms with Gasteiger partial charge in [0.1, 0.15) is 0 Å². The van der Waals surface area contributed by atoms with Crippen LogP contribution >= 0.6 is 34.5 Å². The first-order valence-corrected chi connectivity index (χ1v) is 7.59. The Labute approximate surface area is 140 Å². The summed E-state index contributed by atoms with van der Waals surface area (Å²) in [6, 6.07) is 4.46. The molecule has 0 saturated heterocycles. The van der Waals surface area contributed by atoms with E-state index in [2.05, 4.69) is 4.98 Å². The highest BCUT2D eigenvalue weighted by Gasteiger charge is 2.41. The number of aromatic nitrogens is 2. The third-order valence-corrected chi connectivity index (χ3v) is 4.61. The number of aromatic carboxylic acids is 1. The number of alkyl halides is 3. The van der Waals surface area contributed by atoms with Gasteiger partial charge in [0, 0.05) is 10.9 Å². The number of halogens is 5. The number of hydrogen-bond acceptors (Lipinski definition) is 3. The van der Waals surface area contributed by atoms with Gasteiger partial charge in [-0.15, -0.1) is 11.3 Å². The van der Waals surface area contributed by atoms with Crippen LogP contribution in [0.5, 0.6) is 0 Å². The van der Waals surface area contributed by atoms with E-state index in [1.165, 1.54) is 23.6 Å². The van der Waals surface area contributed by atoms with Gasteiger partial charge in [0.25, 0.3) is 0 Å². The van der Waals surface area contributed by atoms with E-state index in [0.29, 0.717) is 5.56 Å². The molecule has 0 aliphatic carbocycles. The largest absolute Gasteiger partial charge is 0.476 e. The van der Waals surface area contributed by atoms with Crippen molar-refractivity contribution in [3.8, 4) is 11.3 Å². The first-order chi connectivity index (χ1) is 10.7. The average Bonchev–Trinajstić information content (AvgIpc) is 2.99. The number of thiazole rings is 1. The van der Waals surface area contributed by atoms with Crippen LogP contribution in [0.25, 0.3) is 16.2 Å². The summed E-state index contributed by atoms with van der Waals surface area (Å²) in [5.74, 6) is -1.72. The summed E-state index contributed by atoms with van der Waals surface area (Å²) in [5, 5.41) is 11.2. The molecule has 0 bridgehead atoms. The maximum Gasteiger partial charge on any atom is 0.435 e. The van der Waals surface area contributed by atoms with E-state index >= 15 is 0 Å². The van der Waals surface area contributed by atoms with E-state index in [-0.39, 0.29) is 20.7 Å². The molecule has 0 fully saturated rings. The highest BCUT2D eigenvalue weighted by Crippen LogP contribution is 2.37. The minimum Gasteiger partial charge on any atom is -0.476 e. The van der Waals surface area contributed by atoms with Crippen LogP contribution in [-0.2, 0) is 6.18 Å². The molecule has 1 aromatic carbocycles. The summed E-state index contributed by atoms with van der Waals surface area (Å²) in [5.41, 5.74) is -1.70. The van der Waals surface area contributed by atoms with Crippen LogP contribution in [0.3, 0.4) is 0 Å². The minimum atomic E-state index is -4.87. The van der Waals surface area contributed by atoms with Gasteiger partial charge < -0.3 is 5.11 Å². The summed E-state index contributed by atoms with van der Waals surface area (Å²) in [4.78, 5) is 14.7. The van der Waals surface area contributed by atoms with Crippen molar-refractivity contribution >= 4 is 45.5 Å². The molecule has 10 heteroatoms. The monoisotopic (exact) mass is 380 g/mol. The summed E-state index contributed by atoms with van der Waals surface area (Å²) < 4.78 is 40.0. The fraction of sp³-hybridized carbons (Fsp3) is 0.0769. The maximum atomic E-state index is 13.0. The molecule has 0 aliphatic heterocycles. The van der Waals surface area contributed by atoms with E-state index in [1.54, 1.807) is 0 Å². The zero-order chi connectivity index (χ0) is 16.9. The van der Waals surface area contributed by atoms with Crippen LogP contribution in [0.4, 0.5) is 13.2 Å². The third kappa shape index (κ3) is 2.66. The van der Waals surface area contributed by atoms with Crippen LogP contribution in [0.2, 0.25) is 10.0 Å². The second-order valence-electron chi connectivity index (χ2n) is 4.48. The molecule has 3 aromatic rings. The molecule has 2 heterocycles. The van der Waals surface area contributed by atoms with Crippen molar-refractivity contribution in [1.82, 2.24) is 9.38 Å². The Hall–Kier alpha value is -1.77. The van der Waals surface area contributed by atoms with Crippen molar-refractivity contribution in [2.45, 2.75) is 6.18 Å². The predicted octanol–water partition coefficient (Wildman–Crippen LogP) is 5.09. The number of rotatable bonds is 2. The fourth-order valence-electron chi connectivity index (χ4n) is 2.11. The number of carbonyl (C=O) groups is 1. The number of nitrogens with zero attached hydrogens (tertiary/aromatic N) is 2. The lowest BCUT2D eigenvalue weighted by Gasteiger charge is -2.06. The molecule has 0 saturated carbocycles. The Morgan fingerprint density at radius 1 is 1.26 bits per heavy atom. The van der Waals surface area contributed by atoms with E-state index in [1.807, 2.05) is 0 Å². The lowest BCUT2D eigenvalue weighted by atomic mass is 10.1. The highest BCUT2D eigenvalue weighted by molar-refractivity contribution is 7.15. The van der Waals surface area contributed by atoms with E-state index < -0.39 is 23.5 Å². The van der Waals surface area contributed by atoms with Crippen molar-refractivity contribution in [3.05, 3.63) is 45.0 Å². The first-order valence-electron chi connectivity index (χ1n) is 5.96. The van der Waals surface area contributed by atoms with E-state index in [0.717, 1.165) is 15.7 Å². The van der Waals surface area contributed by atoms with Crippen molar-refractivity contribution in [3.63, 3.8) is 0 Å². The van der Waals surface area contributed by atoms with Crippen LogP contribution < -0.4 is 0 Å². The van der Waals surface area contributed by atoms with E-state index in [4.69, 9.17) is 23.2 Å². The molecule has 1 N–H and O–H groups in total. The molecule has 2 aromatic heterocycles. The molecule has 120 valence electrons. The molecule has 0 atom stereocenters. The Balaban J connectivity index is 2.33. The zero-order valence-corrected chi connectivity index (χ0v) is 13.2. The first kappa shape index (κ1) is 16.1. The molecule has 0 aliphatic rings. The predicted molar refractivity (Wildman–Crippen MR) is 80.5 cm³/mol. The molecule has 3 rings (SSSR count). The fourth-order valence-corrected chi connectivity index (χ4v) is 3.31. The van der Waals surface area contributed by atoms with Crippen molar-refractivity contribution in [2.75, 3.05) is 0 Å². The van der Waals surface area contributed by atoms with Gasteiger partial charge in [-0.3, -0.25) is 4.40 Å². The topological polar surface area (TPSA) is 54.6 Å². The minimum absolute atomic E-state index is 0.0733. The Bertz CT molecular complexity index is 933. The smallest absolute Gasteiger partial charge is 0.435 e. The summed E-state index contributed by atoms with van der Waals surface area (Å²) in [6.07, 6.45) is -4.87. The van der Waals surface area contributed by atoms with Gasteiger partial charge in [0.15, 0.2) is 16.3 Å². The molecular formula is C13H5Cl2F3N2O2S. The lowest BCUT2D eigenvalue weighted by molar-refractivity contribution is -0.141. The Morgan fingerprint density at radius 2 is 1.96 bits per heavy atom. The molecule has 23 heavy (non-hydrogen) atoms. The molecule has 0 spiro atoms. The van der Waals surface area contributed by atoms with Gasteiger partial charge >= 0.3 is 12.1 Å². The molecule has 0 radical (unpaired) electrons. The van der Waals surface area contributed by atoms with Gasteiger partial charge in [-0.2, -0.15) is 13.2 Å². The number of fused-ring (bicyclic) bond motifs is 1. The van der Waals surface area contributed by atoms with Crippen LogP contribution in [0, 0.1) is 0 Å². The zero-order valence-electron chi connectivity index (χ0n) is 10.9. The number of imidazole rings is 1. The number of carboxylic acids is 1.